The Morgan fingerprint density at radius 1 is 1.00 bits per heavy atom. The highest BCUT2D eigenvalue weighted by molar-refractivity contribution is 5.74. The summed E-state index contributed by atoms with van der Waals surface area (Å²) in [5.74, 6) is 0.875. The van der Waals surface area contributed by atoms with Crippen molar-refractivity contribution in [1.29, 1.82) is 0 Å². The van der Waals surface area contributed by atoms with Crippen LogP contribution in [0.1, 0.15) is 15.9 Å². The van der Waals surface area contributed by atoms with Gasteiger partial charge in [0.05, 0.1) is 6.61 Å². The van der Waals surface area contributed by atoms with Crippen LogP contribution < -0.4 is 9.64 Å². The first-order valence-electron chi connectivity index (χ1n) is 6.63. The minimum absolute atomic E-state index is 0.627. The summed E-state index contributed by atoms with van der Waals surface area (Å²) in [5, 5.41) is 0. The summed E-state index contributed by atoms with van der Waals surface area (Å²) in [6.07, 6.45) is 1.68. The van der Waals surface area contributed by atoms with Crippen molar-refractivity contribution in [3.05, 3.63) is 59.7 Å². The van der Waals surface area contributed by atoms with Crippen molar-refractivity contribution >= 4 is 12.0 Å². The molecule has 0 fully saturated rings. The van der Waals surface area contributed by atoms with Crippen LogP contribution in [0, 0.1) is 0 Å². The molecule has 2 rings (SSSR count). The number of carbonyl (C=O) groups excluding carboxylic acids is 1. The Labute approximate surface area is 119 Å². The maximum Gasteiger partial charge on any atom is 0.150 e. The molecule has 0 aromatic heterocycles. The molecule has 0 aliphatic rings. The fourth-order valence-electron chi connectivity index (χ4n) is 1.89. The highest BCUT2D eigenvalue weighted by Gasteiger charge is 1.98. The minimum atomic E-state index is 0.627. The van der Waals surface area contributed by atoms with E-state index in [1.165, 1.54) is 5.56 Å². The van der Waals surface area contributed by atoms with Gasteiger partial charge in [-0.25, -0.2) is 0 Å². The van der Waals surface area contributed by atoms with E-state index >= 15 is 0 Å². The van der Waals surface area contributed by atoms with Crippen LogP contribution in [0.3, 0.4) is 0 Å². The normalized spacial score (nSPS) is 10.1. The van der Waals surface area contributed by atoms with Crippen LogP contribution in [0.2, 0.25) is 0 Å². The fraction of sp³-hybridized carbons (Fsp3) is 0.235. The lowest BCUT2D eigenvalue weighted by molar-refractivity contribution is 0.112. The van der Waals surface area contributed by atoms with Gasteiger partial charge in [0.2, 0.25) is 0 Å². The molecule has 0 radical (unpaired) electrons. The molecule has 104 valence electrons. The molecule has 0 aliphatic carbocycles. The zero-order valence-electron chi connectivity index (χ0n) is 11.9. The second-order valence-electron chi connectivity index (χ2n) is 4.85. The van der Waals surface area contributed by atoms with Crippen LogP contribution in [0.4, 0.5) is 5.69 Å². The second-order valence-corrected chi connectivity index (χ2v) is 4.85. The summed E-state index contributed by atoms with van der Waals surface area (Å²) in [7, 11) is 4.03. The third kappa shape index (κ3) is 3.85. The van der Waals surface area contributed by atoms with Crippen LogP contribution in [0.5, 0.6) is 5.75 Å². The van der Waals surface area contributed by atoms with Gasteiger partial charge < -0.3 is 9.64 Å². The lowest BCUT2D eigenvalue weighted by Gasteiger charge is -2.13. The van der Waals surface area contributed by atoms with Crippen molar-refractivity contribution in [2.75, 3.05) is 25.6 Å². The third-order valence-corrected chi connectivity index (χ3v) is 3.13. The Hall–Kier alpha value is -2.29. The number of benzene rings is 2. The molecule has 0 atom stereocenters. The van der Waals surface area contributed by atoms with Crippen LogP contribution >= 0.6 is 0 Å². The molecule has 0 heterocycles. The van der Waals surface area contributed by atoms with Crippen LogP contribution in [0.15, 0.2) is 48.5 Å². The minimum Gasteiger partial charge on any atom is -0.493 e. The maximum atomic E-state index is 10.6. The number of anilines is 1. The number of hydrogen-bond acceptors (Lipinski definition) is 3. The highest BCUT2D eigenvalue weighted by Crippen LogP contribution is 2.17. The molecule has 0 N–H and O–H groups in total. The number of rotatable bonds is 6. The van der Waals surface area contributed by atoms with Crippen LogP contribution in [0.25, 0.3) is 0 Å². The number of nitrogens with zero attached hydrogens (tertiary/aromatic N) is 1. The number of carbonyl (C=O) groups is 1. The average molecular weight is 269 g/mol. The van der Waals surface area contributed by atoms with Gasteiger partial charge in [-0.05, 0) is 29.8 Å². The average Bonchev–Trinajstić information content (AvgIpc) is 2.48. The largest absolute Gasteiger partial charge is 0.493 e. The number of aldehydes is 1. The monoisotopic (exact) mass is 269 g/mol. The summed E-state index contributed by atoms with van der Waals surface area (Å²) in [4.78, 5) is 12.6. The van der Waals surface area contributed by atoms with Gasteiger partial charge >= 0.3 is 0 Å². The Bertz CT molecular complexity index is 544. The van der Waals surface area contributed by atoms with E-state index in [1.807, 2.05) is 62.6 Å². The molecular formula is C17H19NO2. The molecule has 3 heteroatoms. The van der Waals surface area contributed by atoms with E-state index in [2.05, 4.69) is 4.90 Å². The molecular weight excluding hydrogens is 250 g/mol. The summed E-state index contributed by atoms with van der Waals surface area (Å²) in [6.45, 7) is 0.627. The number of hydrogen-bond donors (Lipinski definition) is 0. The van der Waals surface area contributed by atoms with Gasteiger partial charge in [-0.1, -0.05) is 24.3 Å². The van der Waals surface area contributed by atoms with E-state index in [0.717, 1.165) is 24.1 Å². The van der Waals surface area contributed by atoms with E-state index < -0.39 is 0 Å². The maximum absolute atomic E-state index is 10.6. The SMILES string of the molecule is CN(C)c1ccc(OCCc2ccc(C=O)cc2)cc1. The molecule has 20 heavy (non-hydrogen) atoms. The van der Waals surface area contributed by atoms with E-state index in [1.54, 1.807) is 0 Å². The second kappa shape index (κ2) is 6.75. The zero-order valence-corrected chi connectivity index (χ0v) is 11.9. The van der Waals surface area contributed by atoms with Gasteiger partial charge in [-0.3, -0.25) is 4.79 Å². The molecule has 0 amide bonds. The van der Waals surface area contributed by atoms with Crippen LogP contribution in [-0.2, 0) is 6.42 Å². The highest BCUT2D eigenvalue weighted by atomic mass is 16.5. The molecule has 0 saturated heterocycles. The topological polar surface area (TPSA) is 29.5 Å². The quantitative estimate of drug-likeness (QED) is 0.754. The molecule has 0 aliphatic heterocycles. The first-order chi connectivity index (χ1) is 9.69. The predicted octanol–water partition coefficient (Wildman–Crippen LogP) is 3.19. The van der Waals surface area contributed by atoms with Crippen molar-refractivity contribution in [2.24, 2.45) is 0 Å². The van der Waals surface area contributed by atoms with E-state index in [9.17, 15) is 4.79 Å². The van der Waals surface area contributed by atoms with Gasteiger partial charge in [0.25, 0.3) is 0 Å². The Morgan fingerprint density at radius 3 is 2.20 bits per heavy atom. The summed E-state index contributed by atoms with van der Waals surface area (Å²) in [5.41, 5.74) is 3.02. The molecule has 2 aromatic rings. The Kier molecular flexibility index (Phi) is 4.77. The van der Waals surface area contributed by atoms with Gasteiger partial charge in [-0.15, -0.1) is 0 Å². The molecule has 0 spiro atoms. The fourth-order valence-corrected chi connectivity index (χ4v) is 1.89. The van der Waals surface area contributed by atoms with Crippen molar-refractivity contribution in [3.63, 3.8) is 0 Å². The van der Waals surface area contributed by atoms with Crippen molar-refractivity contribution in [2.45, 2.75) is 6.42 Å². The molecule has 0 saturated carbocycles. The molecule has 0 bridgehead atoms. The summed E-state index contributed by atoms with van der Waals surface area (Å²) >= 11 is 0. The van der Waals surface area contributed by atoms with Gasteiger partial charge in [0.1, 0.15) is 12.0 Å². The summed E-state index contributed by atoms with van der Waals surface area (Å²) < 4.78 is 5.71. The van der Waals surface area contributed by atoms with Gasteiger partial charge in [-0.2, -0.15) is 0 Å². The van der Waals surface area contributed by atoms with E-state index in [4.69, 9.17) is 4.74 Å². The van der Waals surface area contributed by atoms with Crippen molar-refractivity contribution in [3.8, 4) is 5.75 Å². The third-order valence-electron chi connectivity index (χ3n) is 3.13. The van der Waals surface area contributed by atoms with Crippen molar-refractivity contribution in [1.82, 2.24) is 0 Å². The van der Waals surface area contributed by atoms with Crippen LogP contribution in [-0.4, -0.2) is 27.0 Å². The Balaban J connectivity index is 1.84. The van der Waals surface area contributed by atoms with E-state index in [-0.39, 0.29) is 0 Å². The van der Waals surface area contributed by atoms with Crippen molar-refractivity contribution < 1.29 is 9.53 Å². The lowest BCUT2D eigenvalue weighted by atomic mass is 10.1. The van der Waals surface area contributed by atoms with E-state index in [0.29, 0.717) is 12.2 Å². The van der Waals surface area contributed by atoms with Gasteiger partial charge in [0, 0.05) is 31.8 Å². The zero-order chi connectivity index (χ0) is 14.4. The standard InChI is InChI=1S/C17H19NO2/c1-18(2)16-7-9-17(10-8-16)20-12-11-14-3-5-15(13-19)6-4-14/h3-10,13H,11-12H2,1-2H3. The predicted molar refractivity (Wildman–Crippen MR) is 81.8 cm³/mol. The molecule has 0 unspecified atom stereocenters. The first kappa shape index (κ1) is 14.1. The molecule has 2 aromatic carbocycles. The van der Waals surface area contributed by atoms with Gasteiger partial charge in [0.15, 0.2) is 0 Å². The summed E-state index contributed by atoms with van der Waals surface area (Å²) in [6, 6.07) is 15.6. The molecule has 3 nitrogen and oxygen atoms in total. The Morgan fingerprint density at radius 2 is 1.65 bits per heavy atom. The lowest BCUT2D eigenvalue weighted by Crippen LogP contribution is -2.08. The number of ether oxygens (including phenoxy) is 1. The first-order valence-corrected chi connectivity index (χ1v) is 6.63. The smallest absolute Gasteiger partial charge is 0.150 e.